The van der Waals surface area contributed by atoms with Crippen molar-refractivity contribution in [2.75, 3.05) is 5.32 Å². The number of rotatable bonds is 7. The summed E-state index contributed by atoms with van der Waals surface area (Å²) in [4.78, 5) is 20.6. The first-order valence-corrected chi connectivity index (χ1v) is 10.2. The molecule has 8 heteroatoms. The van der Waals surface area contributed by atoms with Gasteiger partial charge in [-0.15, -0.1) is 0 Å². The molecule has 0 unspecified atom stereocenters. The van der Waals surface area contributed by atoms with E-state index < -0.39 is 18.5 Å². The van der Waals surface area contributed by atoms with E-state index in [4.69, 9.17) is 5.73 Å². The summed E-state index contributed by atoms with van der Waals surface area (Å²) >= 11 is 0. The largest absolute Gasteiger partial charge is 0.389 e. The van der Waals surface area contributed by atoms with Crippen LogP contribution in [0.4, 0.5) is 19.1 Å². The molecule has 1 heterocycles. The third-order valence-corrected chi connectivity index (χ3v) is 6.86. The van der Waals surface area contributed by atoms with Crippen LogP contribution in [-0.2, 0) is 6.42 Å². The number of nitrogens with one attached hydrogen (secondary N) is 1. The van der Waals surface area contributed by atoms with E-state index in [1.807, 2.05) is 0 Å². The predicted molar refractivity (Wildman–Crippen MR) is 98.7 cm³/mol. The summed E-state index contributed by atoms with van der Waals surface area (Å²) in [6, 6.07) is 0.157. The molecular formula is C20H27F3N4O. The Morgan fingerprint density at radius 3 is 2.43 bits per heavy atom. The lowest BCUT2D eigenvalue weighted by atomic mass is 9.43. The van der Waals surface area contributed by atoms with Crippen LogP contribution in [0.5, 0.6) is 0 Å². The van der Waals surface area contributed by atoms with Crippen molar-refractivity contribution in [1.82, 2.24) is 9.97 Å². The summed E-state index contributed by atoms with van der Waals surface area (Å²) in [5.74, 6) is 0.977. The molecule has 1 aromatic heterocycles. The Bertz CT molecular complexity index is 726. The zero-order chi connectivity index (χ0) is 19.9. The monoisotopic (exact) mass is 396 g/mol. The van der Waals surface area contributed by atoms with Crippen molar-refractivity contribution >= 4 is 11.9 Å². The Kier molecular flexibility index (Phi) is 5.00. The fraction of sp³-hybridized carbons (Fsp3) is 0.750. The molecule has 0 radical (unpaired) electrons. The lowest BCUT2D eigenvalue weighted by Crippen LogP contribution is -2.53. The first-order chi connectivity index (χ1) is 13.2. The van der Waals surface area contributed by atoms with E-state index in [-0.39, 0.29) is 18.4 Å². The van der Waals surface area contributed by atoms with Crippen molar-refractivity contribution in [3.05, 3.63) is 17.5 Å². The van der Waals surface area contributed by atoms with Gasteiger partial charge in [-0.05, 0) is 75.0 Å². The highest BCUT2D eigenvalue weighted by Crippen LogP contribution is 2.65. The molecule has 0 aliphatic heterocycles. The van der Waals surface area contributed by atoms with Gasteiger partial charge in [0, 0.05) is 18.7 Å². The molecule has 0 spiro atoms. The van der Waals surface area contributed by atoms with E-state index in [1.165, 1.54) is 25.5 Å². The number of carbonyl (C=O) groups is 1. The highest BCUT2D eigenvalue weighted by atomic mass is 19.4. The second kappa shape index (κ2) is 7.19. The maximum absolute atomic E-state index is 12.4. The molecule has 0 atom stereocenters. The molecule has 28 heavy (non-hydrogen) atoms. The predicted octanol–water partition coefficient (Wildman–Crippen LogP) is 4.23. The Morgan fingerprint density at radius 1 is 1.21 bits per heavy atom. The molecule has 4 fully saturated rings. The average Bonchev–Trinajstić information content (AvgIpc) is 2.56. The third-order valence-electron chi connectivity index (χ3n) is 6.86. The molecule has 4 aliphatic carbocycles. The summed E-state index contributed by atoms with van der Waals surface area (Å²) < 4.78 is 37.2. The number of hydrogen-bond acceptors (Lipinski definition) is 4. The molecule has 0 saturated heterocycles. The summed E-state index contributed by atoms with van der Waals surface area (Å²) in [7, 11) is 0. The maximum Gasteiger partial charge on any atom is 0.389 e. The molecule has 2 bridgehead atoms. The van der Waals surface area contributed by atoms with Crippen molar-refractivity contribution in [1.29, 1.82) is 0 Å². The molecule has 1 aromatic rings. The van der Waals surface area contributed by atoms with Gasteiger partial charge in [0.05, 0.1) is 11.3 Å². The second-order valence-electron chi connectivity index (χ2n) is 9.09. The molecule has 5 rings (SSSR count). The topological polar surface area (TPSA) is 80.9 Å². The molecule has 1 amide bonds. The normalized spacial score (nSPS) is 31.6. The fourth-order valence-corrected chi connectivity index (χ4v) is 5.20. The number of nitrogens with two attached hydrogens (primary N) is 1. The number of nitrogens with zero attached hydrogens (tertiary/aromatic N) is 2. The minimum atomic E-state index is -4.07. The molecular weight excluding hydrogens is 369 g/mol. The van der Waals surface area contributed by atoms with Gasteiger partial charge in [-0.1, -0.05) is 0 Å². The number of hydrogen-bond donors (Lipinski definition) is 2. The van der Waals surface area contributed by atoms with Crippen LogP contribution in [-0.4, -0.2) is 28.1 Å². The van der Waals surface area contributed by atoms with Gasteiger partial charge in [0.2, 0.25) is 5.95 Å². The fourth-order valence-electron chi connectivity index (χ4n) is 5.20. The van der Waals surface area contributed by atoms with Crippen LogP contribution in [0.3, 0.4) is 0 Å². The number of carbonyl (C=O) groups excluding carboxylic acids is 1. The van der Waals surface area contributed by atoms with Gasteiger partial charge in [0.25, 0.3) is 5.91 Å². The molecule has 4 saturated carbocycles. The minimum absolute atomic E-state index is 0.137. The highest BCUT2D eigenvalue weighted by Gasteiger charge is 2.56. The zero-order valence-corrected chi connectivity index (χ0v) is 15.9. The van der Waals surface area contributed by atoms with Crippen LogP contribution in [0.1, 0.15) is 73.8 Å². The first-order valence-electron chi connectivity index (χ1n) is 10.2. The zero-order valence-electron chi connectivity index (χ0n) is 15.9. The minimum Gasteiger partial charge on any atom is -0.365 e. The summed E-state index contributed by atoms with van der Waals surface area (Å²) in [5.41, 5.74) is 6.92. The Hall–Kier alpha value is -1.86. The van der Waals surface area contributed by atoms with Gasteiger partial charge in [0.15, 0.2) is 0 Å². The van der Waals surface area contributed by atoms with E-state index in [1.54, 1.807) is 0 Å². The van der Waals surface area contributed by atoms with Crippen LogP contribution in [0.15, 0.2) is 6.20 Å². The van der Waals surface area contributed by atoms with Crippen molar-refractivity contribution in [2.45, 2.75) is 76.4 Å². The van der Waals surface area contributed by atoms with E-state index in [0.29, 0.717) is 16.9 Å². The highest BCUT2D eigenvalue weighted by molar-refractivity contribution is 5.93. The van der Waals surface area contributed by atoms with E-state index in [9.17, 15) is 18.0 Å². The second-order valence-corrected chi connectivity index (χ2v) is 9.09. The Labute approximate surface area is 162 Å². The SMILES string of the molecule is NC(=O)c1cnc(NC2CCC(CCC(F)(F)F)CC2)nc1CC12CC(C1)C2. The van der Waals surface area contributed by atoms with Crippen molar-refractivity contribution in [3.8, 4) is 0 Å². The lowest BCUT2D eigenvalue weighted by molar-refractivity contribution is -0.138. The molecule has 4 aliphatic rings. The molecule has 0 aromatic carbocycles. The lowest BCUT2D eigenvalue weighted by Gasteiger charge is -2.62. The smallest absolute Gasteiger partial charge is 0.365 e. The summed E-state index contributed by atoms with van der Waals surface area (Å²) in [6.45, 7) is 0. The van der Waals surface area contributed by atoms with Crippen LogP contribution >= 0.6 is 0 Å². The third kappa shape index (κ3) is 4.25. The number of anilines is 1. The maximum atomic E-state index is 12.4. The van der Waals surface area contributed by atoms with Gasteiger partial charge >= 0.3 is 6.18 Å². The Morgan fingerprint density at radius 2 is 1.89 bits per heavy atom. The standard InChI is InChI=1S/C20H27F3N4O/c21-20(22,23)6-5-12-1-3-14(4-2-12)26-18-25-11-15(17(24)28)16(27-18)10-19-7-13(8-19)9-19/h11-14H,1-10H2,(H2,24,28)(H,25,26,27). The van der Waals surface area contributed by atoms with Gasteiger partial charge in [0.1, 0.15) is 0 Å². The number of amides is 1. The molecule has 154 valence electrons. The van der Waals surface area contributed by atoms with Crippen molar-refractivity contribution in [3.63, 3.8) is 0 Å². The molecule has 3 N–H and O–H groups in total. The number of halogens is 3. The van der Waals surface area contributed by atoms with Crippen molar-refractivity contribution < 1.29 is 18.0 Å². The number of primary amides is 1. The van der Waals surface area contributed by atoms with Crippen LogP contribution in [0.25, 0.3) is 0 Å². The quantitative estimate of drug-likeness (QED) is 0.723. The molecule has 5 nitrogen and oxygen atoms in total. The number of aromatic nitrogens is 2. The van der Waals surface area contributed by atoms with E-state index >= 15 is 0 Å². The van der Waals surface area contributed by atoms with Crippen molar-refractivity contribution in [2.24, 2.45) is 23.0 Å². The average molecular weight is 396 g/mol. The van der Waals surface area contributed by atoms with Gasteiger partial charge in [-0.2, -0.15) is 13.2 Å². The van der Waals surface area contributed by atoms with Crippen LogP contribution in [0, 0.1) is 17.3 Å². The van der Waals surface area contributed by atoms with Gasteiger partial charge < -0.3 is 11.1 Å². The van der Waals surface area contributed by atoms with Crippen LogP contribution in [0.2, 0.25) is 0 Å². The Balaban J connectivity index is 1.34. The van der Waals surface area contributed by atoms with Crippen LogP contribution < -0.4 is 11.1 Å². The van der Waals surface area contributed by atoms with E-state index in [0.717, 1.165) is 43.7 Å². The van der Waals surface area contributed by atoms with E-state index in [2.05, 4.69) is 15.3 Å². The van der Waals surface area contributed by atoms with Gasteiger partial charge in [-0.25, -0.2) is 9.97 Å². The first kappa shape index (κ1) is 19.5. The summed E-state index contributed by atoms with van der Waals surface area (Å²) in [6.07, 6.45) is 4.54. The number of alkyl halides is 3. The van der Waals surface area contributed by atoms with Gasteiger partial charge in [-0.3, -0.25) is 4.79 Å². The summed E-state index contributed by atoms with van der Waals surface area (Å²) in [5, 5.41) is 3.32.